The topological polar surface area (TPSA) is 58.4 Å². The monoisotopic (exact) mass is 525 g/mol. The van der Waals surface area contributed by atoms with Crippen LogP contribution < -0.4 is 4.90 Å². The van der Waals surface area contributed by atoms with Crippen LogP contribution in [-0.2, 0) is 18.3 Å². The zero-order valence-corrected chi connectivity index (χ0v) is 21.8. The lowest BCUT2D eigenvalue weighted by Crippen LogP contribution is -2.43. The molecule has 39 heavy (non-hydrogen) atoms. The Morgan fingerprint density at radius 1 is 1.03 bits per heavy atom. The quantitative estimate of drug-likeness (QED) is 0.279. The van der Waals surface area contributed by atoms with Crippen molar-refractivity contribution in [3.63, 3.8) is 0 Å². The van der Waals surface area contributed by atoms with Gasteiger partial charge in [-0.1, -0.05) is 30.3 Å². The van der Waals surface area contributed by atoms with E-state index in [0.29, 0.717) is 12.3 Å². The third-order valence-corrected chi connectivity index (χ3v) is 7.78. The minimum absolute atomic E-state index is 0.0381. The molecule has 2 atom stereocenters. The molecular weight excluding hydrogens is 496 g/mol. The molecule has 1 aliphatic heterocycles. The van der Waals surface area contributed by atoms with E-state index in [4.69, 9.17) is 5.11 Å². The fourth-order valence-corrected chi connectivity index (χ4v) is 5.78. The fourth-order valence-electron chi connectivity index (χ4n) is 5.78. The Morgan fingerprint density at radius 2 is 1.74 bits per heavy atom. The zero-order chi connectivity index (χ0) is 27.3. The van der Waals surface area contributed by atoms with Gasteiger partial charge < -0.3 is 10.0 Å². The molecule has 1 N–H and O–H groups in total. The summed E-state index contributed by atoms with van der Waals surface area (Å²) in [7, 11) is 1.87. The van der Waals surface area contributed by atoms with Crippen LogP contribution in [0.25, 0.3) is 17.2 Å². The largest absolute Gasteiger partial charge is 0.478 e. The first-order valence-corrected chi connectivity index (χ1v) is 13.2. The minimum atomic E-state index is -1.18. The maximum Gasteiger partial charge on any atom is 0.328 e. The van der Waals surface area contributed by atoms with Crippen molar-refractivity contribution in [1.82, 2.24) is 9.78 Å². The number of aromatic nitrogens is 2. The van der Waals surface area contributed by atoms with E-state index in [1.807, 2.05) is 31.6 Å². The van der Waals surface area contributed by atoms with Gasteiger partial charge in [0, 0.05) is 36.6 Å². The van der Waals surface area contributed by atoms with Gasteiger partial charge in [-0.05, 0) is 90.3 Å². The third-order valence-electron chi connectivity index (χ3n) is 7.78. The predicted molar refractivity (Wildman–Crippen MR) is 148 cm³/mol. The van der Waals surface area contributed by atoms with E-state index in [1.54, 1.807) is 4.68 Å². The van der Waals surface area contributed by atoms with E-state index in [-0.39, 0.29) is 17.2 Å². The van der Waals surface area contributed by atoms with Crippen LogP contribution in [0.15, 0.2) is 73.1 Å². The number of fused-ring (bicyclic) bond motifs is 1. The molecule has 2 heterocycles. The molecular formula is C32H29F2N3O2. The second-order valence-corrected chi connectivity index (χ2v) is 10.6. The van der Waals surface area contributed by atoms with Gasteiger partial charge in [0.05, 0.1) is 17.8 Å². The van der Waals surface area contributed by atoms with Gasteiger partial charge >= 0.3 is 5.97 Å². The summed E-state index contributed by atoms with van der Waals surface area (Å²) in [6.07, 6.45) is 8.95. The first-order valence-electron chi connectivity index (χ1n) is 13.2. The van der Waals surface area contributed by atoms with Crippen molar-refractivity contribution in [3.8, 4) is 11.1 Å². The van der Waals surface area contributed by atoms with Gasteiger partial charge in [0.25, 0.3) is 0 Å². The van der Waals surface area contributed by atoms with E-state index in [2.05, 4.69) is 47.3 Å². The summed E-state index contributed by atoms with van der Waals surface area (Å²) in [6.45, 7) is 2.08. The second-order valence-electron chi connectivity index (χ2n) is 10.6. The van der Waals surface area contributed by atoms with Crippen LogP contribution in [0.3, 0.4) is 0 Å². The number of carboxylic acids is 1. The van der Waals surface area contributed by atoms with Gasteiger partial charge in [-0.25, -0.2) is 13.6 Å². The Labute approximate surface area is 226 Å². The van der Waals surface area contributed by atoms with Crippen LogP contribution >= 0.6 is 0 Å². The summed E-state index contributed by atoms with van der Waals surface area (Å²) < 4.78 is 33.3. The third kappa shape index (κ3) is 4.85. The van der Waals surface area contributed by atoms with Crippen LogP contribution in [0.1, 0.15) is 59.5 Å². The van der Waals surface area contributed by atoms with Crippen LogP contribution in [0, 0.1) is 11.6 Å². The average Bonchev–Trinajstić information content (AvgIpc) is 3.66. The molecule has 0 bridgehead atoms. The number of benzene rings is 3. The molecule has 198 valence electrons. The van der Waals surface area contributed by atoms with Gasteiger partial charge in [-0.15, -0.1) is 0 Å². The molecule has 7 heteroatoms. The van der Waals surface area contributed by atoms with Crippen molar-refractivity contribution in [2.75, 3.05) is 4.90 Å². The van der Waals surface area contributed by atoms with Gasteiger partial charge in [0.2, 0.25) is 0 Å². The standard InChI is InChI=1S/C32H29F2N3O2/c1-19-13-24-16-23(25-17-35-36(2)18-25)8-11-27(24)32(37(19)26-9-6-22(7-10-26)21-4-5-21)31-28(33)14-20(15-29(31)34)3-12-30(38)39/h3,6-12,14-19,21,32H,4-5,13H2,1-2H3,(H,38,39)/b12-3+/t19-,32+/m1/s1. The van der Waals surface area contributed by atoms with Crippen molar-refractivity contribution in [3.05, 3.63) is 113 Å². The lowest BCUT2D eigenvalue weighted by molar-refractivity contribution is -0.131. The first kappa shape index (κ1) is 25.0. The number of halogens is 2. The highest BCUT2D eigenvalue weighted by atomic mass is 19.1. The van der Waals surface area contributed by atoms with E-state index in [1.165, 1.54) is 36.6 Å². The molecule has 6 rings (SSSR count). The zero-order valence-electron chi connectivity index (χ0n) is 21.8. The SMILES string of the molecule is C[C@@H]1Cc2cc(-c3cnn(C)c3)ccc2[C@@H](c2c(F)cc(/C=C/C(=O)O)cc2F)N1c1ccc(C2CC2)cc1. The van der Waals surface area contributed by atoms with E-state index in [9.17, 15) is 4.79 Å². The molecule has 0 saturated heterocycles. The van der Waals surface area contributed by atoms with E-state index >= 15 is 8.78 Å². The number of nitrogens with zero attached hydrogens (tertiary/aromatic N) is 3. The Hall–Kier alpha value is -4.26. The van der Waals surface area contributed by atoms with Crippen LogP contribution in [0.5, 0.6) is 0 Å². The minimum Gasteiger partial charge on any atom is -0.478 e. The number of hydrogen-bond donors (Lipinski definition) is 1. The number of anilines is 1. The summed E-state index contributed by atoms with van der Waals surface area (Å²) in [5, 5.41) is 13.2. The predicted octanol–water partition coefficient (Wildman–Crippen LogP) is 6.88. The fraction of sp³-hybridized carbons (Fsp3) is 0.250. The van der Waals surface area contributed by atoms with Crippen LogP contribution in [-0.4, -0.2) is 26.9 Å². The van der Waals surface area contributed by atoms with Gasteiger partial charge in [0.1, 0.15) is 11.6 Å². The Morgan fingerprint density at radius 3 is 2.36 bits per heavy atom. The smallest absolute Gasteiger partial charge is 0.328 e. The maximum absolute atomic E-state index is 15.8. The normalized spacial score (nSPS) is 18.9. The number of aryl methyl sites for hydroxylation is 1. The molecule has 2 aliphatic rings. The number of carbonyl (C=O) groups is 1. The van der Waals surface area contributed by atoms with Gasteiger partial charge in [-0.3, -0.25) is 4.68 Å². The van der Waals surface area contributed by atoms with Crippen LogP contribution in [0.4, 0.5) is 14.5 Å². The summed E-state index contributed by atoms with van der Waals surface area (Å²) in [5.74, 6) is -1.98. The summed E-state index contributed by atoms with van der Waals surface area (Å²) in [5.41, 5.74) is 6.19. The maximum atomic E-state index is 15.8. The van der Waals surface area contributed by atoms with Gasteiger partial charge in [0.15, 0.2) is 0 Å². The van der Waals surface area contributed by atoms with E-state index in [0.717, 1.165) is 34.0 Å². The van der Waals surface area contributed by atoms with Gasteiger partial charge in [-0.2, -0.15) is 5.10 Å². The highest BCUT2D eigenvalue weighted by molar-refractivity contribution is 5.85. The summed E-state index contributed by atoms with van der Waals surface area (Å²) >= 11 is 0. The molecule has 0 unspecified atom stereocenters. The molecule has 1 aliphatic carbocycles. The summed E-state index contributed by atoms with van der Waals surface area (Å²) in [6, 6.07) is 16.1. The highest BCUT2D eigenvalue weighted by Crippen LogP contribution is 2.45. The Bertz CT molecular complexity index is 1560. The number of rotatable bonds is 6. The van der Waals surface area contributed by atoms with Crippen LogP contribution in [0.2, 0.25) is 0 Å². The lowest BCUT2D eigenvalue weighted by atomic mass is 9.82. The van der Waals surface area contributed by atoms with Crippen molar-refractivity contribution >= 4 is 17.7 Å². The van der Waals surface area contributed by atoms with E-state index < -0.39 is 23.6 Å². The molecule has 4 aromatic rings. The molecule has 1 aromatic heterocycles. The molecule has 0 spiro atoms. The molecule has 1 saturated carbocycles. The average molecular weight is 526 g/mol. The van der Waals surface area contributed by atoms with Crippen molar-refractivity contribution in [2.45, 2.75) is 44.2 Å². The molecule has 0 radical (unpaired) electrons. The molecule has 1 fully saturated rings. The second kappa shape index (κ2) is 9.80. The summed E-state index contributed by atoms with van der Waals surface area (Å²) in [4.78, 5) is 13.1. The Balaban J connectivity index is 1.49. The lowest BCUT2D eigenvalue weighted by Gasteiger charge is -2.44. The number of carboxylic acid groups (broad SMARTS) is 1. The highest BCUT2D eigenvalue weighted by Gasteiger charge is 2.37. The van der Waals surface area contributed by atoms with Crippen molar-refractivity contribution in [1.29, 1.82) is 0 Å². The first-order chi connectivity index (χ1) is 18.8. The van der Waals surface area contributed by atoms with Crippen molar-refractivity contribution in [2.24, 2.45) is 7.05 Å². The number of hydrogen-bond acceptors (Lipinski definition) is 3. The molecule has 5 nitrogen and oxygen atoms in total. The molecule has 3 aromatic carbocycles. The Kier molecular flexibility index (Phi) is 6.29. The molecule has 0 amide bonds. The number of aliphatic carboxylic acids is 1. The van der Waals surface area contributed by atoms with Crippen molar-refractivity contribution < 1.29 is 18.7 Å².